The fourth-order valence-corrected chi connectivity index (χ4v) is 1.01. The van der Waals surface area contributed by atoms with Crippen molar-refractivity contribution in [2.45, 2.75) is 38.9 Å². The molecule has 0 spiro atoms. The summed E-state index contributed by atoms with van der Waals surface area (Å²) in [5, 5.41) is 0. The van der Waals surface area contributed by atoms with Crippen LogP contribution >= 0.6 is 0 Å². The van der Waals surface area contributed by atoms with Crippen molar-refractivity contribution in [2.75, 3.05) is 27.4 Å². The molecule has 0 atom stereocenters. The van der Waals surface area contributed by atoms with E-state index in [-0.39, 0.29) is 13.2 Å². The quantitative estimate of drug-likeness (QED) is 0.699. The predicted molar refractivity (Wildman–Crippen MR) is 86.9 cm³/mol. The zero-order valence-corrected chi connectivity index (χ0v) is 14.5. The Morgan fingerprint density at radius 2 is 1.17 bits per heavy atom. The zero-order valence-electron chi connectivity index (χ0n) is 14.5. The Hall–Kier alpha value is -1.66. The summed E-state index contributed by atoms with van der Waals surface area (Å²) in [6.07, 6.45) is 2.15. The van der Waals surface area contributed by atoms with Crippen LogP contribution in [0, 0.1) is 23.7 Å². The van der Waals surface area contributed by atoms with Gasteiger partial charge >= 0.3 is 0 Å². The molecule has 0 radical (unpaired) electrons. The molecule has 0 N–H and O–H groups in total. The molecule has 23 heavy (non-hydrogen) atoms. The van der Waals surface area contributed by atoms with Crippen LogP contribution in [0.15, 0.2) is 23.8 Å². The van der Waals surface area contributed by atoms with Crippen molar-refractivity contribution in [3.63, 3.8) is 0 Å². The molecule has 0 saturated carbocycles. The first-order valence-electron chi connectivity index (χ1n) is 7.04. The summed E-state index contributed by atoms with van der Waals surface area (Å²) >= 11 is 0. The second-order valence-corrected chi connectivity index (χ2v) is 5.64. The average Bonchev–Trinajstić information content (AvgIpc) is 2.47. The predicted octanol–water partition coefficient (Wildman–Crippen LogP) is 3.57. The Morgan fingerprint density at radius 1 is 0.826 bits per heavy atom. The first-order valence-corrected chi connectivity index (χ1v) is 7.04. The van der Waals surface area contributed by atoms with Gasteiger partial charge in [0, 0.05) is 26.4 Å². The number of rotatable bonds is 6. The normalized spacial score (nSPS) is 13.0. The number of halogens is 2. The summed E-state index contributed by atoms with van der Waals surface area (Å²) in [7, 11) is 3.03. The maximum atomic E-state index is 13.4. The highest BCUT2D eigenvalue weighted by molar-refractivity contribution is 5.24. The molecule has 0 aromatic heterocycles. The minimum atomic E-state index is -0.652. The molecule has 0 aromatic rings. The fraction of sp³-hybridized carbons (Fsp3) is 0.556. The van der Waals surface area contributed by atoms with Gasteiger partial charge in [0.2, 0.25) is 0 Å². The van der Waals surface area contributed by atoms with Gasteiger partial charge in [0.05, 0.1) is 13.2 Å². The van der Waals surface area contributed by atoms with E-state index >= 15 is 0 Å². The molecular weight excluding hydrogens is 302 g/mol. The first kappa shape index (κ1) is 21.3. The van der Waals surface area contributed by atoms with Crippen molar-refractivity contribution >= 4 is 0 Å². The first-order chi connectivity index (χ1) is 10.6. The largest absolute Gasteiger partial charge is 0.367 e. The summed E-state index contributed by atoms with van der Waals surface area (Å²) in [6.45, 7) is 6.31. The molecule has 0 fully saturated rings. The van der Waals surface area contributed by atoms with Crippen LogP contribution in [0.25, 0.3) is 0 Å². The third-order valence-corrected chi connectivity index (χ3v) is 2.70. The van der Waals surface area contributed by atoms with Gasteiger partial charge in [-0.3, -0.25) is 0 Å². The van der Waals surface area contributed by atoms with Gasteiger partial charge in [0.15, 0.2) is 0 Å². The highest BCUT2D eigenvalue weighted by atomic mass is 19.1. The number of allylic oxidation sites excluding steroid dienone is 2. The maximum Gasteiger partial charge on any atom is 0.134 e. The van der Waals surface area contributed by atoms with Crippen LogP contribution in [-0.2, 0) is 14.2 Å². The summed E-state index contributed by atoms with van der Waals surface area (Å²) in [4.78, 5) is 0. The van der Waals surface area contributed by atoms with Crippen LogP contribution in [0.1, 0.15) is 27.7 Å². The lowest BCUT2D eigenvalue weighted by molar-refractivity contribution is 0.0739. The lowest BCUT2D eigenvalue weighted by Crippen LogP contribution is -2.19. The molecular formula is C18H24F2O3. The molecule has 0 saturated heterocycles. The van der Waals surface area contributed by atoms with Crippen molar-refractivity contribution in [3.8, 4) is 23.7 Å². The Morgan fingerprint density at radius 3 is 1.48 bits per heavy atom. The van der Waals surface area contributed by atoms with Gasteiger partial charge in [-0.05, 0) is 27.7 Å². The Labute approximate surface area is 137 Å². The summed E-state index contributed by atoms with van der Waals surface area (Å²) in [6, 6.07) is 0. The van der Waals surface area contributed by atoms with Crippen LogP contribution in [0.3, 0.4) is 0 Å². The second-order valence-electron chi connectivity index (χ2n) is 5.64. The monoisotopic (exact) mass is 326 g/mol. The van der Waals surface area contributed by atoms with E-state index in [9.17, 15) is 8.78 Å². The van der Waals surface area contributed by atoms with Gasteiger partial charge < -0.3 is 14.2 Å². The molecule has 0 aliphatic rings. The molecule has 0 bridgehead atoms. The lowest BCUT2D eigenvalue weighted by Gasteiger charge is -2.13. The topological polar surface area (TPSA) is 27.7 Å². The smallest absolute Gasteiger partial charge is 0.134 e. The second kappa shape index (κ2) is 10.2. The number of hydrogen-bond acceptors (Lipinski definition) is 3. The minimum absolute atomic E-state index is 0.361. The van der Waals surface area contributed by atoms with E-state index in [1.165, 1.54) is 14.2 Å². The standard InChI is InChI=1S/C18H24F2O3/c1-17(2,21-5)11-7-9-15(19)13-23-14-16(20)10-8-12-18(3,4)22-6/h9-10H,13-14H2,1-6H3. The molecule has 0 amide bonds. The fourth-order valence-electron chi connectivity index (χ4n) is 1.01. The van der Waals surface area contributed by atoms with E-state index in [1.54, 1.807) is 27.7 Å². The molecule has 3 nitrogen and oxygen atoms in total. The van der Waals surface area contributed by atoms with Crippen molar-refractivity contribution in [3.05, 3.63) is 23.8 Å². The van der Waals surface area contributed by atoms with Crippen LogP contribution in [0.5, 0.6) is 0 Å². The number of hydrogen-bond donors (Lipinski definition) is 0. The van der Waals surface area contributed by atoms with Crippen LogP contribution < -0.4 is 0 Å². The van der Waals surface area contributed by atoms with E-state index in [0.29, 0.717) is 0 Å². The molecule has 0 aliphatic heterocycles. The Kier molecular flexibility index (Phi) is 9.44. The number of methoxy groups -OCH3 is 2. The van der Waals surface area contributed by atoms with E-state index in [2.05, 4.69) is 23.7 Å². The van der Waals surface area contributed by atoms with Gasteiger partial charge in [-0.2, -0.15) is 0 Å². The van der Waals surface area contributed by atoms with Crippen LogP contribution in [0.4, 0.5) is 8.78 Å². The third kappa shape index (κ3) is 11.5. The Bertz CT molecular complexity index is 502. The van der Waals surface area contributed by atoms with E-state index in [0.717, 1.165) is 12.2 Å². The molecule has 0 heterocycles. The highest BCUT2D eigenvalue weighted by Gasteiger charge is 2.11. The summed E-state index contributed by atoms with van der Waals surface area (Å²) in [5.41, 5.74) is -1.30. The van der Waals surface area contributed by atoms with Gasteiger partial charge in [-0.15, -0.1) is 0 Å². The zero-order chi connectivity index (χ0) is 17.9. The van der Waals surface area contributed by atoms with Crippen LogP contribution in [-0.4, -0.2) is 38.6 Å². The maximum absolute atomic E-state index is 13.4. The summed E-state index contributed by atoms with van der Waals surface area (Å²) < 4.78 is 41.8. The van der Waals surface area contributed by atoms with Crippen molar-refractivity contribution < 1.29 is 23.0 Å². The minimum Gasteiger partial charge on any atom is -0.367 e. The molecule has 0 unspecified atom stereocenters. The lowest BCUT2D eigenvalue weighted by atomic mass is 10.1. The van der Waals surface area contributed by atoms with Gasteiger partial charge in [-0.25, -0.2) is 8.78 Å². The molecule has 0 aromatic carbocycles. The summed E-state index contributed by atoms with van der Waals surface area (Å²) in [5.74, 6) is 9.34. The van der Waals surface area contributed by atoms with E-state index < -0.39 is 22.9 Å². The molecule has 0 rings (SSSR count). The van der Waals surface area contributed by atoms with Crippen molar-refractivity contribution in [2.24, 2.45) is 0 Å². The molecule has 5 heteroatoms. The number of ether oxygens (including phenoxy) is 3. The van der Waals surface area contributed by atoms with E-state index in [1.807, 2.05) is 0 Å². The van der Waals surface area contributed by atoms with Crippen LogP contribution in [0.2, 0.25) is 0 Å². The van der Waals surface area contributed by atoms with E-state index in [4.69, 9.17) is 14.2 Å². The average molecular weight is 326 g/mol. The van der Waals surface area contributed by atoms with Gasteiger partial charge in [0.1, 0.15) is 22.9 Å². The van der Waals surface area contributed by atoms with Crippen molar-refractivity contribution in [1.29, 1.82) is 0 Å². The third-order valence-electron chi connectivity index (χ3n) is 2.70. The van der Waals surface area contributed by atoms with Crippen molar-refractivity contribution in [1.82, 2.24) is 0 Å². The molecule has 128 valence electrons. The SMILES string of the molecule is COC(C)(C)C#CC=C(F)COCC(F)=CC#CC(C)(C)OC. The van der Waals surface area contributed by atoms with Gasteiger partial charge in [-0.1, -0.05) is 23.7 Å². The Balaban J connectivity index is 4.34. The highest BCUT2D eigenvalue weighted by Crippen LogP contribution is 2.06. The van der Waals surface area contributed by atoms with Gasteiger partial charge in [0.25, 0.3) is 0 Å². The molecule has 0 aliphatic carbocycles.